The van der Waals surface area contributed by atoms with Crippen LogP contribution >= 0.6 is 0 Å². The molecule has 1 aromatic carbocycles. The molecule has 0 aliphatic heterocycles. The molecule has 3 N–H and O–H groups in total. The summed E-state index contributed by atoms with van der Waals surface area (Å²) in [5.41, 5.74) is 6.81. The monoisotopic (exact) mass is 192 g/mol. The molecule has 1 rings (SSSR count). The number of para-hydroxylation sites is 1. The number of amides is 2. The van der Waals surface area contributed by atoms with E-state index in [4.69, 9.17) is 5.73 Å². The first kappa shape index (κ1) is 10.2. The molecule has 0 unspecified atom stereocenters. The van der Waals surface area contributed by atoms with Gasteiger partial charge in [-0.3, -0.25) is 9.59 Å². The molecule has 4 nitrogen and oxygen atoms in total. The van der Waals surface area contributed by atoms with E-state index in [1.54, 1.807) is 25.1 Å². The van der Waals surface area contributed by atoms with Crippen molar-refractivity contribution in [1.29, 1.82) is 0 Å². The Labute approximate surface area is 82.1 Å². The van der Waals surface area contributed by atoms with E-state index >= 15 is 0 Å². The van der Waals surface area contributed by atoms with Gasteiger partial charge in [-0.05, 0) is 18.6 Å². The molecule has 0 heterocycles. The van der Waals surface area contributed by atoms with Gasteiger partial charge in [0.25, 0.3) is 5.91 Å². The second kappa shape index (κ2) is 3.91. The first-order chi connectivity index (χ1) is 6.52. The van der Waals surface area contributed by atoms with E-state index in [-0.39, 0.29) is 5.91 Å². The lowest BCUT2D eigenvalue weighted by Crippen LogP contribution is -2.17. The molecule has 0 aliphatic carbocycles. The van der Waals surface area contributed by atoms with Gasteiger partial charge in [0.2, 0.25) is 5.91 Å². The Kier molecular flexibility index (Phi) is 2.86. The van der Waals surface area contributed by atoms with Gasteiger partial charge in [0.1, 0.15) is 0 Å². The van der Waals surface area contributed by atoms with Crippen molar-refractivity contribution in [3.63, 3.8) is 0 Å². The number of carbonyl (C=O) groups excluding carboxylic acids is 2. The Morgan fingerprint density at radius 2 is 2.00 bits per heavy atom. The molecule has 0 spiro atoms. The largest absolute Gasteiger partial charge is 0.366 e. The van der Waals surface area contributed by atoms with Crippen LogP contribution in [0.25, 0.3) is 0 Å². The topological polar surface area (TPSA) is 72.2 Å². The van der Waals surface area contributed by atoms with Crippen LogP contribution in [0.15, 0.2) is 18.2 Å². The third-order valence-corrected chi connectivity index (χ3v) is 1.84. The molecule has 1 aromatic rings. The second-order valence-electron chi connectivity index (χ2n) is 3.04. The van der Waals surface area contributed by atoms with Crippen molar-refractivity contribution in [2.45, 2.75) is 13.8 Å². The van der Waals surface area contributed by atoms with E-state index < -0.39 is 5.91 Å². The highest BCUT2D eigenvalue weighted by Crippen LogP contribution is 2.19. The van der Waals surface area contributed by atoms with Gasteiger partial charge in [-0.1, -0.05) is 12.1 Å². The minimum Gasteiger partial charge on any atom is -0.366 e. The third-order valence-electron chi connectivity index (χ3n) is 1.84. The Hall–Kier alpha value is -1.84. The number of rotatable bonds is 2. The van der Waals surface area contributed by atoms with Gasteiger partial charge in [0.15, 0.2) is 0 Å². The molecule has 0 saturated carbocycles. The Bertz CT molecular complexity index is 386. The number of primary amides is 1. The third kappa shape index (κ3) is 2.10. The normalized spacial score (nSPS) is 9.57. The molecule has 74 valence electrons. The maximum absolute atomic E-state index is 11.0. The summed E-state index contributed by atoms with van der Waals surface area (Å²) in [6.07, 6.45) is 0. The van der Waals surface area contributed by atoms with Gasteiger partial charge in [0.05, 0.1) is 11.3 Å². The van der Waals surface area contributed by atoms with Crippen molar-refractivity contribution in [1.82, 2.24) is 0 Å². The summed E-state index contributed by atoms with van der Waals surface area (Å²) in [4.78, 5) is 21.9. The van der Waals surface area contributed by atoms with Crippen LogP contribution in [0.5, 0.6) is 0 Å². The molecule has 2 amide bonds. The van der Waals surface area contributed by atoms with Crippen molar-refractivity contribution in [3.8, 4) is 0 Å². The summed E-state index contributed by atoms with van der Waals surface area (Å²) in [5, 5.41) is 2.58. The van der Waals surface area contributed by atoms with Gasteiger partial charge in [-0.2, -0.15) is 0 Å². The van der Waals surface area contributed by atoms with Crippen LogP contribution in [0.1, 0.15) is 22.8 Å². The van der Waals surface area contributed by atoms with Gasteiger partial charge >= 0.3 is 0 Å². The average Bonchev–Trinajstić information content (AvgIpc) is 2.07. The number of hydrogen-bond donors (Lipinski definition) is 2. The molecule has 0 bridgehead atoms. The molecule has 0 radical (unpaired) electrons. The van der Waals surface area contributed by atoms with Crippen molar-refractivity contribution in [3.05, 3.63) is 29.3 Å². The van der Waals surface area contributed by atoms with Crippen LogP contribution in [0.4, 0.5) is 5.69 Å². The highest BCUT2D eigenvalue weighted by atomic mass is 16.2. The van der Waals surface area contributed by atoms with Crippen LogP contribution in [0.3, 0.4) is 0 Å². The van der Waals surface area contributed by atoms with Crippen LogP contribution in [-0.4, -0.2) is 11.8 Å². The quantitative estimate of drug-likeness (QED) is 0.735. The first-order valence-electron chi connectivity index (χ1n) is 4.19. The zero-order valence-corrected chi connectivity index (χ0v) is 8.13. The van der Waals surface area contributed by atoms with Crippen LogP contribution in [0.2, 0.25) is 0 Å². The maximum atomic E-state index is 11.0. The molecule has 0 saturated heterocycles. The van der Waals surface area contributed by atoms with Crippen LogP contribution in [-0.2, 0) is 4.79 Å². The molecular weight excluding hydrogens is 180 g/mol. The second-order valence-corrected chi connectivity index (χ2v) is 3.04. The average molecular weight is 192 g/mol. The highest BCUT2D eigenvalue weighted by Gasteiger charge is 2.10. The summed E-state index contributed by atoms with van der Waals surface area (Å²) >= 11 is 0. The zero-order valence-electron chi connectivity index (χ0n) is 8.13. The van der Waals surface area contributed by atoms with E-state index in [2.05, 4.69) is 5.32 Å². The van der Waals surface area contributed by atoms with Crippen molar-refractivity contribution in [2.75, 3.05) is 5.32 Å². The van der Waals surface area contributed by atoms with Crippen molar-refractivity contribution < 1.29 is 9.59 Å². The number of aryl methyl sites for hydroxylation is 1. The smallest absolute Gasteiger partial charge is 0.250 e. The summed E-state index contributed by atoms with van der Waals surface area (Å²) in [6, 6.07) is 5.11. The minimum atomic E-state index is -0.544. The number of benzene rings is 1. The van der Waals surface area contributed by atoms with Crippen molar-refractivity contribution in [2.24, 2.45) is 5.73 Å². The Morgan fingerprint density at radius 3 is 2.50 bits per heavy atom. The summed E-state index contributed by atoms with van der Waals surface area (Å²) in [7, 11) is 0. The molecule has 4 heteroatoms. The highest BCUT2D eigenvalue weighted by molar-refractivity contribution is 6.03. The Morgan fingerprint density at radius 1 is 1.36 bits per heavy atom. The standard InChI is InChI=1S/C10H12N2O2/c1-6-4-3-5-8(10(11)14)9(6)12-7(2)13/h3-5H,1-2H3,(H2,11,14)(H,12,13). The summed E-state index contributed by atoms with van der Waals surface area (Å²) in [5.74, 6) is -0.765. The molecule has 0 atom stereocenters. The number of carbonyl (C=O) groups is 2. The SMILES string of the molecule is CC(=O)Nc1c(C)cccc1C(N)=O. The number of nitrogens with two attached hydrogens (primary N) is 1. The van der Waals surface area contributed by atoms with E-state index in [1.807, 2.05) is 0 Å². The van der Waals surface area contributed by atoms with E-state index in [1.165, 1.54) is 6.92 Å². The lowest BCUT2D eigenvalue weighted by molar-refractivity contribution is -0.114. The van der Waals surface area contributed by atoms with Gasteiger partial charge in [-0.15, -0.1) is 0 Å². The van der Waals surface area contributed by atoms with Crippen LogP contribution < -0.4 is 11.1 Å². The first-order valence-corrected chi connectivity index (χ1v) is 4.19. The lowest BCUT2D eigenvalue weighted by Gasteiger charge is -2.09. The molecule has 14 heavy (non-hydrogen) atoms. The van der Waals surface area contributed by atoms with Gasteiger partial charge < -0.3 is 11.1 Å². The van der Waals surface area contributed by atoms with E-state index in [0.29, 0.717) is 11.3 Å². The van der Waals surface area contributed by atoms with E-state index in [0.717, 1.165) is 5.56 Å². The molecule has 0 aromatic heterocycles. The molecule has 0 fully saturated rings. The zero-order chi connectivity index (χ0) is 10.7. The van der Waals surface area contributed by atoms with E-state index in [9.17, 15) is 9.59 Å². The summed E-state index contributed by atoms with van der Waals surface area (Å²) < 4.78 is 0. The summed E-state index contributed by atoms with van der Waals surface area (Å²) in [6.45, 7) is 3.19. The molecule has 0 aliphatic rings. The number of nitrogens with one attached hydrogen (secondary N) is 1. The fourth-order valence-corrected chi connectivity index (χ4v) is 1.22. The number of hydrogen-bond acceptors (Lipinski definition) is 2. The fraction of sp³-hybridized carbons (Fsp3) is 0.200. The maximum Gasteiger partial charge on any atom is 0.250 e. The Balaban J connectivity index is 3.22. The lowest BCUT2D eigenvalue weighted by atomic mass is 10.1. The predicted molar refractivity (Wildman–Crippen MR) is 54.0 cm³/mol. The minimum absolute atomic E-state index is 0.221. The van der Waals surface area contributed by atoms with Gasteiger partial charge in [0, 0.05) is 6.92 Å². The van der Waals surface area contributed by atoms with Crippen molar-refractivity contribution >= 4 is 17.5 Å². The fourth-order valence-electron chi connectivity index (χ4n) is 1.22. The van der Waals surface area contributed by atoms with Crippen LogP contribution in [0, 0.1) is 6.92 Å². The molecular formula is C10H12N2O2. The van der Waals surface area contributed by atoms with Gasteiger partial charge in [-0.25, -0.2) is 0 Å². The number of anilines is 1. The predicted octanol–water partition coefficient (Wildman–Crippen LogP) is 1.05.